The number of benzene rings is 2. The molecule has 196 valence electrons. The first kappa shape index (κ1) is 25.9. The second kappa shape index (κ2) is 10.2. The van der Waals surface area contributed by atoms with Crippen molar-refractivity contribution in [3.63, 3.8) is 0 Å². The van der Waals surface area contributed by atoms with Crippen LogP contribution in [0.5, 0.6) is 0 Å². The number of halogens is 3. The Hall–Kier alpha value is -3.70. The molecule has 0 spiro atoms. The van der Waals surface area contributed by atoms with E-state index in [2.05, 4.69) is 15.3 Å². The molecule has 2 aliphatic heterocycles. The van der Waals surface area contributed by atoms with Gasteiger partial charge in [0.2, 0.25) is 11.8 Å². The first-order valence-corrected chi connectivity index (χ1v) is 13.0. The fourth-order valence-electron chi connectivity index (χ4n) is 4.76. The molecule has 12 heteroatoms. The first-order chi connectivity index (χ1) is 18.1. The van der Waals surface area contributed by atoms with E-state index in [4.69, 9.17) is 17.3 Å². The smallest absolute Gasteiger partial charge is 0.268 e. The number of fused-ring (bicyclic) bond motifs is 1. The van der Waals surface area contributed by atoms with Gasteiger partial charge >= 0.3 is 0 Å². The number of nitrogens with two attached hydrogens (primary N) is 1. The number of thiazole rings is 1. The molecule has 5 rings (SSSR count). The van der Waals surface area contributed by atoms with E-state index in [-0.39, 0.29) is 36.3 Å². The van der Waals surface area contributed by atoms with Crippen molar-refractivity contribution >= 4 is 52.1 Å². The van der Waals surface area contributed by atoms with Gasteiger partial charge in [0.15, 0.2) is 5.82 Å². The molecule has 3 N–H and O–H groups in total. The number of carbonyl (C=O) groups excluding carboxylic acids is 3. The summed E-state index contributed by atoms with van der Waals surface area (Å²) in [7, 11) is 0. The molecule has 3 amide bonds. The molecule has 1 unspecified atom stereocenters. The van der Waals surface area contributed by atoms with Gasteiger partial charge in [-0.25, -0.2) is 13.8 Å². The number of hydrogen-bond donors (Lipinski definition) is 2. The van der Waals surface area contributed by atoms with Gasteiger partial charge in [-0.1, -0.05) is 41.9 Å². The SMILES string of the molecule is Cc1nc2c(s1)C(C(N)=O)=NC2CC(=O)N1C[C@H](F)C[C@H]1C(=O)Nc1cccc(-c2ccccc2Cl)c1F. The fraction of sp³-hybridized carbons (Fsp3) is 0.269. The highest BCUT2D eigenvalue weighted by Crippen LogP contribution is 2.37. The van der Waals surface area contributed by atoms with Crippen LogP contribution < -0.4 is 11.1 Å². The molecule has 2 aliphatic rings. The molecule has 38 heavy (non-hydrogen) atoms. The van der Waals surface area contributed by atoms with Crippen LogP contribution >= 0.6 is 22.9 Å². The van der Waals surface area contributed by atoms with Crippen LogP contribution in [0.25, 0.3) is 11.1 Å². The molecule has 8 nitrogen and oxygen atoms in total. The highest BCUT2D eigenvalue weighted by molar-refractivity contribution is 7.14. The van der Waals surface area contributed by atoms with Crippen molar-refractivity contribution in [2.45, 2.75) is 38.0 Å². The van der Waals surface area contributed by atoms with E-state index in [1.165, 1.54) is 23.5 Å². The lowest BCUT2D eigenvalue weighted by atomic mass is 10.0. The lowest BCUT2D eigenvalue weighted by molar-refractivity contribution is -0.137. The minimum Gasteiger partial charge on any atom is -0.364 e. The first-order valence-electron chi connectivity index (χ1n) is 11.8. The standard InChI is InChI=1S/C26H22ClF2N5O3S/c1-12-31-22-18(32-23(25(30)36)24(22)38-12)10-20(35)34-11-13(28)9-19(34)26(37)33-17-8-4-6-15(21(17)29)14-5-2-3-7-16(14)27/h2-8,13,18-19H,9-11H2,1H3,(H2,30,36)(H,33,37)/t13-,18?,19+/m1/s1. The number of alkyl halides is 1. The van der Waals surface area contributed by atoms with Gasteiger partial charge in [-0.2, -0.15) is 0 Å². The summed E-state index contributed by atoms with van der Waals surface area (Å²) in [4.78, 5) is 48.5. The van der Waals surface area contributed by atoms with Crippen LogP contribution in [0.4, 0.5) is 14.5 Å². The highest BCUT2D eigenvalue weighted by Gasteiger charge is 2.42. The quantitative estimate of drug-likeness (QED) is 0.472. The molecule has 2 aromatic carbocycles. The fourth-order valence-corrected chi connectivity index (χ4v) is 5.97. The van der Waals surface area contributed by atoms with Crippen molar-refractivity contribution in [3.05, 3.63) is 68.9 Å². The molecular formula is C26H22ClF2N5O3S. The van der Waals surface area contributed by atoms with Gasteiger partial charge in [-0.15, -0.1) is 11.3 Å². The number of aryl methyl sites for hydroxylation is 1. The summed E-state index contributed by atoms with van der Waals surface area (Å²) >= 11 is 7.46. The number of aromatic nitrogens is 1. The van der Waals surface area contributed by atoms with Crippen LogP contribution in [0.1, 0.15) is 34.5 Å². The van der Waals surface area contributed by atoms with Crippen LogP contribution in [0, 0.1) is 12.7 Å². The lowest BCUT2D eigenvalue weighted by Crippen LogP contribution is -2.43. The predicted octanol–water partition coefficient (Wildman–Crippen LogP) is 4.21. The Morgan fingerprint density at radius 2 is 1.92 bits per heavy atom. The molecule has 0 radical (unpaired) electrons. The largest absolute Gasteiger partial charge is 0.364 e. The summed E-state index contributed by atoms with van der Waals surface area (Å²) in [6.45, 7) is 1.47. The van der Waals surface area contributed by atoms with Crippen LogP contribution in [-0.2, 0) is 14.4 Å². The second-order valence-electron chi connectivity index (χ2n) is 9.04. The Bertz CT molecular complexity index is 1490. The number of hydrogen-bond acceptors (Lipinski definition) is 6. The average molecular weight is 558 g/mol. The predicted molar refractivity (Wildman–Crippen MR) is 140 cm³/mol. The Morgan fingerprint density at radius 3 is 2.66 bits per heavy atom. The maximum Gasteiger partial charge on any atom is 0.268 e. The van der Waals surface area contributed by atoms with Gasteiger partial charge in [0, 0.05) is 22.6 Å². The Kier molecular flexibility index (Phi) is 6.97. The number of anilines is 1. The second-order valence-corrected chi connectivity index (χ2v) is 10.7. The summed E-state index contributed by atoms with van der Waals surface area (Å²) in [6, 6.07) is 9.27. The van der Waals surface area contributed by atoms with Crippen molar-refractivity contribution in [3.8, 4) is 11.1 Å². The molecule has 0 bridgehead atoms. The number of rotatable bonds is 6. The van der Waals surface area contributed by atoms with Gasteiger partial charge in [-0.3, -0.25) is 19.4 Å². The third kappa shape index (κ3) is 4.79. The van der Waals surface area contributed by atoms with Crippen molar-refractivity contribution in [2.75, 3.05) is 11.9 Å². The number of nitrogens with one attached hydrogen (secondary N) is 1. The Labute approximate surface area is 225 Å². The van der Waals surface area contributed by atoms with Crippen LogP contribution in [-0.4, -0.2) is 52.1 Å². The van der Waals surface area contributed by atoms with Crippen molar-refractivity contribution < 1.29 is 23.2 Å². The van der Waals surface area contributed by atoms with E-state index in [9.17, 15) is 18.8 Å². The maximum absolute atomic E-state index is 15.3. The van der Waals surface area contributed by atoms with E-state index in [1.54, 1.807) is 37.3 Å². The van der Waals surface area contributed by atoms with E-state index in [0.717, 1.165) is 4.90 Å². The molecular weight excluding hydrogens is 536 g/mol. The zero-order chi connectivity index (χ0) is 27.1. The van der Waals surface area contributed by atoms with Gasteiger partial charge in [-0.05, 0) is 19.1 Å². The third-order valence-corrected chi connectivity index (χ3v) is 7.79. The highest BCUT2D eigenvalue weighted by atomic mass is 35.5. The third-order valence-electron chi connectivity index (χ3n) is 6.47. The van der Waals surface area contributed by atoms with E-state index < -0.39 is 41.8 Å². The Balaban J connectivity index is 1.35. The Morgan fingerprint density at radius 1 is 1.18 bits per heavy atom. The minimum absolute atomic E-state index is 0.0522. The van der Waals surface area contributed by atoms with Gasteiger partial charge in [0.25, 0.3) is 5.91 Å². The topological polar surface area (TPSA) is 118 Å². The number of aliphatic imine (C=N–C) groups is 1. The number of amides is 3. The van der Waals surface area contributed by atoms with Crippen LogP contribution in [0.2, 0.25) is 5.02 Å². The van der Waals surface area contributed by atoms with Crippen LogP contribution in [0.15, 0.2) is 47.5 Å². The average Bonchev–Trinajstić information content (AvgIpc) is 3.54. The van der Waals surface area contributed by atoms with Gasteiger partial charge in [0.05, 0.1) is 34.2 Å². The zero-order valence-corrected chi connectivity index (χ0v) is 21.7. The summed E-state index contributed by atoms with van der Waals surface area (Å²) in [5, 5.41) is 3.53. The number of primary amides is 1. The van der Waals surface area contributed by atoms with Crippen molar-refractivity contribution in [1.82, 2.24) is 9.88 Å². The van der Waals surface area contributed by atoms with Crippen LogP contribution in [0.3, 0.4) is 0 Å². The van der Waals surface area contributed by atoms with Gasteiger partial charge in [0.1, 0.15) is 24.0 Å². The zero-order valence-electron chi connectivity index (χ0n) is 20.1. The number of likely N-dealkylation sites (tertiary alicyclic amines) is 1. The summed E-state index contributed by atoms with van der Waals surface area (Å²) in [5.74, 6) is -2.68. The minimum atomic E-state index is -1.43. The van der Waals surface area contributed by atoms with E-state index >= 15 is 4.39 Å². The summed E-state index contributed by atoms with van der Waals surface area (Å²) in [5.41, 5.74) is 6.47. The lowest BCUT2D eigenvalue weighted by Gasteiger charge is -2.24. The number of nitrogens with zero attached hydrogens (tertiary/aromatic N) is 3. The van der Waals surface area contributed by atoms with E-state index in [0.29, 0.717) is 26.2 Å². The number of carbonyl (C=O) groups is 3. The summed E-state index contributed by atoms with van der Waals surface area (Å²) in [6.07, 6.45) is -1.88. The molecule has 3 heterocycles. The maximum atomic E-state index is 15.3. The molecule has 3 aromatic rings. The van der Waals surface area contributed by atoms with Gasteiger partial charge < -0.3 is 16.0 Å². The molecule has 1 saturated heterocycles. The normalized spacial score (nSPS) is 20.3. The molecule has 0 saturated carbocycles. The summed E-state index contributed by atoms with van der Waals surface area (Å²) < 4.78 is 29.8. The molecule has 1 fully saturated rings. The van der Waals surface area contributed by atoms with E-state index in [1.807, 2.05) is 0 Å². The molecule has 0 aliphatic carbocycles. The monoisotopic (exact) mass is 557 g/mol. The van der Waals surface area contributed by atoms with Crippen molar-refractivity contribution in [2.24, 2.45) is 10.7 Å². The molecule has 3 atom stereocenters. The van der Waals surface area contributed by atoms with Crippen molar-refractivity contribution in [1.29, 1.82) is 0 Å². The molecule has 1 aromatic heterocycles.